The maximum atomic E-state index is 5.27. The van der Waals surface area contributed by atoms with E-state index in [1.807, 2.05) is 61.1 Å². The molecule has 2 aromatic heterocycles. The fourth-order valence-corrected chi connectivity index (χ4v) is 2.51. The van der Waals surface area contributed by atoms with Crippen LogP contribution in [0.1, 0.15) is 11.3 Å². The molecule has 24 heavy (non-hydrogen) atoms. The predicted octanol–water partition coefficient (Wildman–Crippen LogP) is 2.23. The molecule has 3 aromatic rings. The highest BCUT2D eigenvalue weighted by Crippen LogP contribution is 2.22. The van der Waals surface area contributed by atoms with E-state index in [0.29, 0.717) is 12.5 Å². The molecule has 124 valence electrons. The Bertz CT molecular complexity index is 845. The van der Waals surface area contributed by atoms with Crippen LogP contribution in [0.25, 0.3) is 11.3 Å². The third kappa shape index (κ3) is 3.34. The molecule has 7 nitrogen and oxygen atoms in total. The number of methoxy groups -OCH3 is 1. The molecule has 0 aliphatic rings. The predicted molar refractivity (Wildman–Crippen MR) is 91.9 cm³/mol. The largest absolute Gasteiger partial charge is 0.497 e. The maximum Gasteiger partial charge on any atom is 0.245 e. The third-order valence-corrected chi connectivity index (χ3v) is 3.78. The van der Waals surface area contributed by atoms with E-state index in [4.69, 9.17) is 4.74 Å². The van der Waals surface area contributed by atoms with Crippen molar-refractivity contribution in [3.8, 4) is 17.0 Å². The molecule has 2 heterocycles. The molecule has 0 amide bonds. The van der Waals surface area contributed by atoms with Crippen molar-refractivity contribution in [3.63, 3.8) is 0 Å². The molecule has 0 bridgehead atoms. The normalized spacial score (nSPS) is 10.7. The minimum absolute atomic E-state index is 0.568. The van der Waals surface area contributed by atoms with Crippen molar-refractivity contribution >= 4 is 5.95 Å². The van der Waals surface area contributed by atoms with Gasteiger partial charge in [0.2, 0.25) is 5.95 Å². The lowest BCUT2D eigenvalue weighted by Gasteiger charge is -2.16. The lowest BCUT2D eigenvalue weighted by atomic mass is 10.1. The van der Waals surface area contributed by atoms with E-state index in [0.717, 1.165) is 28.3 Å². The van der Waals surface area contributed by atoms with Gasteiger partial charge in [0, 0.05) is 38.0 Å². The zero-order chi connectivity index (χ0) is 17.1. The number of ether oxygens (including phenoxy) is 1. The summed E-state index contributed by atoms with van der Waals surface area (Å²) in [6.07, 6.45) is 3.66. The SMILES string of the molecule is COc1cccc(-c2cnnc(N(C)Cc3cn(C)nc3C)n2)c1. The summed E-state index contributed by atoms with van der Waals surface area (Å²) in [5, 5.41) is 12.6. The van der Waals surface area contributed by atoms with Crippen LogP contribution in [0.2, 0.25) is 0 Å². The first kappa shape index (κ1) is 15.9. The molecular formula is C17H20N6O. The van der Waals surface area contributed by atoms with Crippen molar-refractivity contribution in [1.82, 2.24) is 25.0 Å². The fourth-order valence-electron chi connectivity index (χ4n) is 2.51. The first-order valence-corrected chi connectivity index (χ1v) is 7.61. The fraction of sp³-hybridized carbons (Fsp3) is 0.294. The summed E-state index contributed by atoms with van der Waals surface area (Å²) in [7, 11) is 5.50. The summed E-state index contributed by atoms with van der Waals surface area (Å²) in [4.78, 5) is 6.58. The van der Waals surface area contributed by atoms with Gasteiger partial charge in [0.1, 0.15) is 5.75 Å². The summed E-state index contributed by atoms with van der Waals surface area (Å²) in [6.45, 7) is 2.66. The van der Waals surface area contributed by atoms with Gasteiger partial charge in [-0.1, -0.05) is 12.1 Å². The Hall–Kier alpha value is -2.96. The lowest BCUT2D eigenvalue weighted by Crippen LogP contribution is -2.20. The second-order valence-corrected chi connectivity index (χ2v) is 5.64. The van der Waals surface area contributed by atoms with Gasteiger partial charge in [0.05, 0.1) is 24.7 Å². The Morgan fingerprint density at radius 1 is 1.29 bits per heavy atom. The highest BCUT2D eigenvalue weighted by atomic mass is 16.5. The third-order valence-electron chi connectivity index (χ3n) is 3.78. The van der Waals surface area contributed by atoms with Gasteiger partial charge in [-0.05, 0) is 19.1 Å². The van der Waals surface area contributed by atoms with Gasteiger partial charge in [0.25, 0.3) is 0 Å². The van der Waals surface area contributed by atoms with E-state index in [9.17, 15) is 0 Å². The van der Waals surface area contributed by atoms with Crippen molar-refractivity contribution in [1.29, 1.82) is 0 Å². The first-order chi connectivity index (χ1) is 11.6. The Balaban J connectivity index is 1.85. The molecule has 0 aliphatic carbocycles. The molecule has 0 spiro atoms. The van der Waals surface area contributed by atoms with Crippen molar-refractivity contribution in [2.75, 3.05) is 19.1 Å². The average Bonchev–Trinajstić information content (AvgIpc) is 2.92. The zero-order valence-corrected chi connectivity index (χ0v) is 14.3. The van der Waals surface area contributed by atoms with Gasteiger partial charge >= 0.3 is 0 Å². The Kier molecular flexibility index (Phi) is 4.41. The number of aromatic nitrogens is 5. The number of rotatable bonds is 5. The maximum absolute atomic E-state index is 5.27. The van der Waals surface area contributed by atoms with Gasteiger partial charge in [-0.15, -0.1) is 5.10 Å². The molecule has 0 saturated carbocycles. The highest BCUT2D eigenvalue weighted by Gasteiger charge is 2.12. The number of anilines is 1. The minimum Gasteiger partial charge on any atom is -0.497 e. The van der Waals surface area contributed by atoms with Crippen LogP contribution in [0, 0.1) is 6.92 Å². The van der Waals surface area contributed by atoms with Crippen LogP contribution in [-0.4, -0.2) is 39.1 Å². The number of benzene rings is 1. The van der Waals surface area contributed by atoms with E-state index in [1.165, 1.54) is 0 Å². The zero-order valence-electron chi connectivity index (χ0n) is 14.3. The number of nitrogens with zero attached hydrogens (tertiary/aromatic N) is 6. The van der Waals surface area contributed by atoms with Crippen molar-refractivity contribution in [2.45, 2.75) is 13.5 Å². The second-order valence-electron chi connectivity index (χ2n) is 5.64. The molecule has 0 aliphatic heterocycles. The number of hydrogen-bond donors (Lipinski definition) is 0. The van der Waals surface area contributed by atoms with Crippen LogP contribution >= 0.6 is 0 Å². The number of hydrogen-bond acceptors (Lipinski definition) is 6. The van der Waals surface area contributed by atoms with Crippen LogP contribution in [0.5, 0.6) is 5.75 Å². The molecule has 3 rings (SSSR count). The Labute approximate surface area is 140 Å². The molecular weight excluding hydrogens is 304 g/mol. The van der Waals surface area contributed by atoms with Crippen molar-refractivity contribution in [3.05, 3.63) is 47.9 Å². The molecule has 0 radical (unpaired) electrons. The monoisotopic (exact) mass is 324 g/mol. The van der Waals surface area contributed by atoms with Crippen LogP contribution in [-0.2, 0) is 13.6 Å². The van der Waals surface area contributed by atoms with Gasteiger partial charge in [-0.2, -0.15) is 10.2 Å². The topological polar surface area (TPSA) is 69.0 Å². The molecule has 7 heteroatoms. The van der Waals surface area contributed by atoms with Gasteiger partial charge in [-0.25, -0.2) is 4.98 Å². The Morgan fingerprint density at radius 3 is 2.83 bits per heavy atom. The van der Waals surface area contributed by atoms with Gasteiger partial charge in [0.15, 0.2) is 0 Å². The summed E-state index contributed by atoms with van der Waals surface area (Å²) in [6, 6.07) is 7.73. The van der Waals surface area contributed by atoms with Gasteiger partial charge in [-0.3, -0.25) is 4.68 Å². The second kappa shape index (κ2) is 6.66. The smallest absolute Gasteiger partial charge is 0.245 e. The molecule has 0 saturated heterocycles. The minimum atomic E-state index is 0.568. The van der Waals surface area contributed by atoms with E-state index >= 15 is 0 Å². The summed E-state index contributed by atoms with van der Waals surface area (Å²) in [5.41, 5.74) is 3.83. The highest BCUT2D eigenvalue weighted by molar-refractivity contribution is 5.61. The molecule has 0 atom stereocenters. The molecule has 0 N–H and O–H groups in total. The van der Waals surface area contributed by atoms with Crippen LogP contribution in [0.4, 0.5) is 5.95 Å². The molecule has 0 fully saturated rings. The summed E-state index contributed by atoms with van der Waals surface area (Å²) < 4.78 is 7.07. The van der Waals surface area contributed by atoms with Crippen molar-refractivity contribution in [2.24, 2.45) is 7.05 Å². The van der Waals surface area contributed by atoms with Gasteiger partial charge < -0.3 is 9.64 Å². The van der Waals surface area contributed by atoms with E-state index < -0.39 is 0 Å². The Morgan fingerprint density at radius 2 is 2.12 bits per heavy atom. The number of aryl methyl sites for hydroxylation is 2. The van der Waals surface area contributed by atoms with E-state index in [1.54, 1.807) is 13.3 Å². The van der Waals surface area contributed by atoms with Crippen molar-refractivity contribution < 1.29 is 4.74 Å². The first-order valence-electron chi connectivity index (χ1n) is 7.61. The molecule has 0 unspecified atom stereocenters. The van der Waals surface area contributed by atoms with Crippen LogP contribution in [0.15, 0.2) is 36.7 Å². The van der Waals surface area contributed by atoms with Crippen LogP contribution in [0.3, 0.4) is 0 Å². The standard InChI is InChI=1S/C17H20N6O/c1-12-14(11-23(3)21-12)10-22(2)17-19-16(9-18-20-17)13-6-5-7-15(8-13)24-4/h5-9,11H,10H2,1-4H3. The average molecular weight is 324 g/mol. The summed E-state index contributed by atoms with van der Waals surface area (Å²) >= 11 is 0. The lowest BCUT2D eigenvalue weighted by molar-refractivity contribution is 0.415. The summed E-state index contributed by atoms with van der Waals surface area (Å²) in [5.74, 6) is 1.35. The van der Waals surface area contributed by atoms with E-state index in [2.05, 4.69) is 20.3 Å². The molecule has 1 aromatic carbocycles. The quantitative estimate of drug-likeness (QED) is 0.717. The van der Waals surface area contributed by atoms with Crippen LogP contribution < -0.4 is 9.64 Å². The van der Waals surface area contributed by atoms with E-state index in [-0.39, 0.29) is 0 Å².